The molecule has 1 fully saturated rings. The van der Waals surface area contributed by atoms with Crippen molar-refractivity contribution in [1.29, 1.82) is 5.26 Å². The number of aliphatic hydroxyl groups excluding tert-OH is 1. The fraction of sp³-hybridized carbons (Fsp3) is 0.273. The number of H-pyrrole nitrogens is 1. The first-order valence-corrected chi connectivity index (χ1v) is 11.5. The van der Waals surface area contributed by atoms with Crippen molar-refractivity contribution in [3.63, 3.8) is 0 Å². The standard InChI is InChI=1S/C22H16F3N7O4S/c23-22(24,25)9-36-14-1-2-27-12-3-15(37-17(12)14)13-6-29-18-16(30-13)11(5-28-18)19(33)31-20(34)21(35)32-7-10(4-26)8-32/h1-3,5-6,10,20,34H,7-9H2,(H,28,29)(H,31,33)/t20-/m1/s1. The number of nitrogens with one attached hydrogen (secondary N) is 2. The number of nitriles is 1. The number of aromatic nitrogens is 4. The van der Waals surface area contributed by atoms with Gasteiger partial charge in [-0.05, 0) is 12.1 Å². The quantitative estimate of drug-likeness (QED) is 0.320. The van der Waals surface area contributed by atoms with E-state index in [9.17, 15) is 27.9 Å². The Morgan fingerprint density at radius 3 is 2.89 bits per heavy atom. The zero-order chi connectivity index (χ0) is 26.3. The number of pyridine rings is 1. The number of fused-ring (bicyclic) bond motifs is 2. The lowest BCUT2D eigenvalue weighted by Crippen LogP contribution is -2.56. The minimum absolute atomic E-state index is 0.0168. The normalized spacial score (nSPS) is 14.8. The van der Waals surface area contributed by atoms with Crippen molar-refractivity contribution in [2.24, 2.45) is 5.92 Å². The first-order valence-electron chi connectivity index (χ1n) is 10.7. The van der Waals surface area contributed by atoms with Crippen LogP contribution in [0.25, 0.3) is 32.0 Å². The van der Waals surface area contributed by atoms with E-state index in [2.05, 4.69) is 25.3 Å². The van der Waals surface area contributed by atoms with Gasteiger partial charge in [0.1, 0.15) is 11.3 Å². The van der Waals surface area contributed by atoms with E-state index in [0.717, 1.165) is 11.3 Å². The summed E-state index contributed by atoms with van der Waals surface area (Å²) in [5.74, 6) is -1.79. The lowest BCUT2D eigenvalue weighted by molar-refractivity contribution is -0.153. The zero-order valence-corrected chi connectivity index (χ0v) is 19.4. The van der Waals surface area contributed by atoms with Gasteiger partial charge < -0.3 is 25.0 Å². The molecule has 4 aromatic heterocycles. The summed E-state index contributed by atoms with van der Waals surface area (Å²) in [5.41, 5.74) is 1.17. The molecule has 0 spiro atoms. The largest absolute Gasteiger partial charge is 0.483 e. The second-order valence-electron chi connectivity index (χ2n) is 8.14. The van der Waals surface area contributed by atoms with Crippen LogP contribution in [0, 0.1) is 17.2 Å². The molecule has 190 valence electrons. The van der Waals surface area contributed by atoms with Gasteiger partial charge in [0.05, 0.1) is 44.5 Å². The molecule has 1 atom stereocenters. The van der Waals surface area contributed by atoms with E-state index in [0.29, 0.717) is 20.8 Å². The van der Waals surface area contributed by atoms with Gasteiger partial charge in [-0.25, -0.2) is 9.97 Å². The highest BCUT2D eigenvalue weighted by molar-refractivity contribution is 7.22. The third-order valence-corrected chi connectivity index (χ3v) is 6.68. The van der Waals surface area contributed by atoms with Crippen LogP contribution in [-0.2, 0) is 4.79 Å². The van der Waals surface area contributed by atoms with Crippen LogP contribution in [0.5, 0.6) is 5.75 Å². The van der Waals surface area contributed by atoms with Crippen LogP contribution in [0.3, 0.4) is 0 Å². The molecule has 3 N–H and O–H groups in total. The Hall–Kier alpha value is -4.29. The molecule has 1 aliphatic heterocycles. The zero-order valence-electron chi connectivity index (χ0n) is 18.6. The first-order chi connectivity index (χ1) is 17.6. The Labute approximate surface area is 209 Å². The summed E-state index contributed by atoms with van der Waals surface area (Å²) in [6.45, 7) is -1.09. The van der Waals surface area contributed by atoms with E-state index < -0.39 is 30.8 Å². The molecule has 1 aliphatic rings. The molecule has 0 aromatic carbocycles. The SMILES string of the molecule is N#CC1CN(C(=O)[C@@H](O)NC(=O)c2c[nH]c3ncc(-c4cc5nccc(OCC(F)(F)F)c5s4)nc23)C1. The maximum absolute atomic E-state index is 12.8. The lowest BCUT2D eigenvalue weighted by atomic mass is 10.0. The predicted octanol–water partition coefficient (Wildman–Crippen LogP) is 2.21. The smallest absolute Gasteiger partial charge is 0.422 e. The Balaban J connectivity index is 1.38. The summed E-state index contributed by atoms with van der Waals surface area (Å²) in [4.78, 5) is 42.5. The van der Waals surface area contributed by atoms with E-state index in [1.165, 1.54) is 29.6 Å². The highest BCUT2D eigenvalue weighted by Gasteiger charge is 2.35. The molecule has 0 bridgehead atoms. The van der Waals surface area contributed by atoms with Crippen LogP contribution < -0.4 is 10.1 Å². The molecule has 1 saturated heterocycles. The summed E-state index contributed by atoms with van der Waals surface area (Å²) in [7, 11) is 0. The molecule has 5 rings (SSSR count). The summed E-state index contributed by atoms with van der Waals surface area (Å²) in [6, 6.07) is 4.97. The van der Waals surface area contributed by atoms with E-state index in [-0.39, 0.29) is 41.5 Å². The number of ether oxygens (including phenoxy) is 1. The average Bonchev–Trinajstić information content (AvgIpc) is 3.45. The number of hydrogen-bond donors (Lipinski definition) is 3. The number of carbonyl (C=O) groups is 2. The fourth-order valence-electron chi connectivity index (χ4n) is 3.67. The van der Waals surface area contributed by atoms with Crippen LogP contribution in [0.1, 0.15) is 10.4 Å². The number of carbonyl (C=O) groups excluding carboxylic acids is 2. The van der Waals surface area contributed by atoms with Crippen LogP contribution in [0.4, 0.5) is 13.2 Å². The highest BCUT2D eigenvalue weighted by atomic mass is 32.1. The lowest BCUT2D eigenvalue weighted by Gasteiger charge is -2.36. The number of aliphatic hydroxyl groups is 1. The fourth-order valence-corrected chi connectivity index (χ4v) is 4.71. The van der Waals surface area contributed by atoms with Crippen molar-refractivity contribution >= 4 is 44.5 Å². The monoisotopic (exact) mass is 531 g/mol. The molecule has 15 heteroatoms. The summed E-state index contributed by atoms with van der Waals surface area (Å²) >= 11 is 1.10. The molecule has 4 aromatic rings. The maximum atomic E-state index is 12.8. The number of halogens is 3. The number of likely N-dealkylation sites (tertiary alicyclic amines) is 1. The van der Waals surface area contributed by atoms with Gasteiger partial charge in [-0.2, -0.15) is 18.4 Å². The summed E-state index contributed by atoms with van der Waals surface area (Å²) < 4.78 is 43.1. The van der Waals surface area contributed by atoms with Gasteiger partial charge in [-0.1, -0.05) is 0 Å². The van der Waals surface area contributed by atoms with Gasteiger partial charge in [0.25, 0.3) is 11.8 Å². The second-order valence-corrected chi connectivity index (χ2v) is 9.19. The van der Waals surface area contributed by atoms with Gasteiger partial charge >= 0.3 is 6.18 Å². The third kappa shape index (κ3) is 4.88. The second kappa shape index (κ2) is 9.30. The first kappa shape index (κ1) is 24.4. The number of thiophene rings is 1. The van der Waals surface area contributed by atoms with Crippen LogP contribution in [0.15, 0.2) is 30.7 Å². The van der Waals surface area contributed by atoms with E-state index in [4.69, 9.17) is 10.00 Å². The maximum Gasteiger partial charge on any atom is 0.422 e. The van der Waals surface area contributed by atoms with Crippen LogP contribution >= 0.6 is 11.3 Å². The highest BCUT2D eigenvalue weighted by Crippen LogP contribution is 2.37. The molecule has 0 unspecified atom stereocenters. The van der Waals surface area contributed by atoms with Gasteiger partial charge in [0.15, 0.2) is 12.3 Å². The van der Waals surface area contributed by atoms with Crippen molar-refractivity contribution in [2.45, 2.75) is 12.4 Å². The van der Waals surface area contributed by atoms with Crippen molar-refractivity contribution in [3.05, 3.63) is 36.3 Å². The topological polar surface area (TPSA) is 157 Å². The number of amides is 2. The Morgan fingerprint density at radius 2 is 2.16 bits per heavy atom. The minimum Gasteiger partial charge on any atom is -0.483 e. The Bertz CT molecular complexity index is 1560. The van der Waals surface area contributed by atoms with Gasteiger partial charge in [-0.15, -0.1) is 11.3 Å². The van der Waals surface area contributed by atoms with Gasteiger partial charge in [-0.3, -0.25) is 14.6 Å². The summed E-state index contributed by atoms with van der Waals surface area (Å²) in [6.07, 6.45) is -2.22. The Kier molecular flexibility index (Phi) is 6.13. The molecule has 0 saturated carbocycles. The van der Waals surface area contributed by atoms with Crippen LogP contribution in [0.2, 0.25) is 0 Å². The number of hydrogen-bond acceptors (Lipinski definition) is 9. The van der Waals surface area contributed by atoms with Crippen LogP contribution in [-0.4, -0.2) is 73.9 Å². The predicted molar refractivity (Wildman–Crippen MR) is 123 cm³/mol. The molecule has 0 radical (unpaired) electrons. The molecule has 0 aliphatic carbocycles. The molecule has 5 heterocycles. The van der Waals surface area contributed by atoms with E-state index >= 15 is 0 Å². The number of rotatable bonds is 6. The molecular formula is C22H16F3N7O4S. The van der Waals surface area contributed by atoms with Crippen molar-refractivity contribution in [2.75, 3.05) is 19.7 Å². The molecule has 11 nitrogen and oxygen atoms in total. The van der Waals surface area contributed by atoms with Crippen molar-refractivity contribution < 1.29 is 32.6 Å². The van der Waals surface area contributed by atoms with Gasteiger partial charge in [0, 0.05) is 25.5 Å². The summed E-state index contributed by atoms with van der Waals surface area (Å²) in [5, 5.41) is 21.2. The Morgan fingerprint density at radius 1 is 1.38 bits per heavy atom. The molecule has 2 amide bonds. The third-order valence-electron chi connectivity index (χ3n) is 5.52. The van der Waals surface area contributed by atoms with Crippen molar-refractivity contribution in [1.82, 2.24) is 30.2 Å². The molecule has 37 heavy (non-hydrogen) atoms. The molecular weight excluding hydrogens is 515 g/mol. The number of nitrogens with zero attached hydrogens (tertiary/aromatic N) is 5. The van der Waals surface area contributed by atoms with E-state index in [1.807, 2.05) is 6.07 Å². The minimum atomic E-state index is -4.50. The average molecular weight is 531 g/mol. The van der Waals surface area contributed by atoms with E-state index in [1.54, 1.807) is 6.07 Å². The van der Waals surface area contributed by atoms with Crippen molar-refractivity contribution in [3.8, 4) is 22.4 Å². The number of alkyl halides is 3. The van der Waals surface area contributed by atoms with Gasteiger partial charge in [0.2, 0.25) is 6.23 Å². The number of aromatic amines is 1.